The van der Waals surface area contributed by atoms with E-state index in [0.29, 0.717) is 5.54 Å². The summed E-state index contributed by atoms with van der Waals surface area (Å²) in [5.74, 6) is 0. The zero-order valence-electron chi connectivity index (χ0n) is 10.2. The van der Waals surface area contributed by atoms with Gasteiger partial charge in [0, 0.05) is 18.1 Å². The number of likely N-dealkylation sites (N-methyl/N-ethyl adjacent to an activating group) is 1. The monoisotopic (exact) mass is 210 g/mol. The van der Waals surface area contributed by atoms with Gasteiger partial charge in [-0.25, -0.2) is 0 Å². The molecule has 0 atom stereocenters. The van der Waals surface area contributed by atoms with E-state index in [2.05, 4.69) is 11.8 Å². The molecule has 2 saturated carbocycles. The van der Waals surface area contributed by atoms with Crippen molar-refractivity contribution in [2.75, 3.05) is 13.1 Å². The Labute approximate surface area is 94.2 Å². The van der Waals surface area contributed by atoms with E-state index in [9.17, 15) is 0 Å². The first-order valence-corrected chi connectivity index (χ1v) is 6.79. The number of hydrogen-bond acceptors (Lipinski definition) is 2. The number of nitrogens with zero attached hydrogens (tertiary/aromatic N) is 1. The maximum absolute atomic E-state index is 6.11. The minimum Gasteiger partial charge on any atom is -0.329 e. The van der Waals surface area contributed by atoms with Gasteiger partial charge in [0.05, 0.1) is 0 Å². The Balaban J connectivity index is 2.08. The maximum Gasteiger partial charge on any atom is 0.0334 e. The Morgan fingerprint density at radius 3 is 2.13 bits per heavy atom. The van der Waals surface area contributed by atoms with E-state index < -0.39 is 0 Å². The van der Waals surface area contributed by atoms with Crippen molar-refractivity contribution >= 4 is 0 Å². The fourth-order valence-electron chi connectivity index (χ4n) is 3.36. The molecular weight excluding hydrogens is 184 g/mol. The van der Waals surface area contributed by atoms with Crippen molar-refractivity contribution in [1.29, 1.82) is 0 Å². The third-order valence-corrected chi connectivity index (χ3v) is 4.35. The summed E-state index contributed by atoms with van der Waals surface area (Å²) in [6.45, 7) is 4.37. The van der Waals surface area contributed by atoms with Gasteiger partial charge in [-0.3, -0.25) is 4.90 Å². The molecule has 0 amide bonds. The van der Waals surface area contributed by atoms with Crippen LogP contribution < -0.4 is 5.73 Å². The van der Waals surface area contributed by atoms with Gasteiger partial charge in [0.25, 0.3) is 0 Å². The molecule has 0 aromatic carbocycles. The summed E-state index contributed by atoms with van der Waals surface area (Å²) in [7, 11) is 0. The molecule has 2 nitrogen and oxygen atoms in total. The van der Waals surface area contributed by atoms with Gasteiger partial charge in [-0.1, -0.05) is 32.6 Å². The molecule has 2 aliphatic rings. The number of rotatable bonds is 4. The third kappa shape index (κ3) is 2.36. The van der Waals surface area contributed by atoms with Crippen LogP contribution in [0.5, 0.6) is 0 Å². The normalized spacial score (nSPS) is 26.6. The highest BCUT2D eigenvalue weighted by Crippen LogP contribution is 2.39. The Bertz CT molecular complexity index is 191. The van der Waals surface area contributed by atoms with Gasteiger partial charge in [0.2, 0.25) is 0 Å². The highest BCUT2D eigenvalue weighted by Gasteiger charge is 2.42. The van der Waals surface area contributed by atoms with Crippen molar-refractivity contribution in [2.24, 2.45) is 5.73 Å². The first kappa shape index (κ1) is 11.4. The maximum atomic E-state index is 6.11. The molecule has 15 heavy (non-hydrogen) atoms. The fraction of sp³-hybridized carbons (Fsp3) is 1.00. The third-order valence-electron chi connectivity index (χ3n) is 4.35. The van der Waals surface area contributed by atoms with Crippen molar-refractivity contribution in [1.82, 2.24) is 4.90 Å². The van der Waals surface area contributed by atoms with Crippen LogP contribution in [0.15, 0.2) is 0 Å². The second-order valence-electron chi connectivity index (χ2n) is 5.36. The summed E-state index contributed by atoms with van der Waals surface area (Å²) in [6.07, 6.45) is 11.1. The summed E-state index contributed by atoms with van der Waals surface area (Å²) >= 11 is 0. The Kier molecular flexibility index (Phi) is 3.68. The zero-order valence-corrected chi connectivity index (χ0v) is 10.2. The SMILES string of the molecule is CCN(C1CC1)C1(CN)CCCCCC1. The van der Waals surface area contributed by atoms with Crippen molar-refractivity contribution in [3.63, 3.8) is 0 Å². The van der Waals surface area contributed by atoms with Crippen LogP contribution in [0, 0.1) is 0 Å². The predicted octanol–water partition coefficient (Wildman–Crippen LogP) is 2.52. The van der Waals surface area contributed by atoms with Crippen LogP contribution in [-0.4, -0.2) is 29.6 Å². The zero-order chi connectivity index (χ0) is 10.7. The van der Waals surface area contributed by atoms with Crippen LogP contribution in [0.2, 0.25) is 0 Å². The molecule has 2 heteroatoms. The quantitative estimate of drug-likeness (QED) is 0.722. The van der Waals surface area contributed by atoms with E-state index >= 15 is 0 Å². The first-order valence-electron chi connectivity index (χ1n) is 6.79. The molecule has 0 radical (unpaired) electrons. The van der Waals surface area contributed by atoms with Crippen LogP contribution in [0.25, 0.3) is 0 Å². The number of hydrogen-bond donors (Lipinski definition) is 1. The summed E-state index contributed by atoms with van der Waals surface area (Å²) in [5.41, 5.74) is 6.48. The highest BCUT2D eigenvalue weighted by molar-refractivity contribution is 4.99. The molecule has 2 rings (SSSR count). The van der Waals surface area contributed by atoms with Crippen molar-refractivity contribution < 1.29 is 0 Å². The summed E-state index contributed by atoms with van der Waals surface area (Å²) in [4.78, 5) is 2.73. The smallest absolute Gasteiger partial charge is 0.0334 e. The average Bonchev–Trinajstić information content (AvgIpc) is 3.06. The lowest BCUT2D eigenvalue weighted by molar-refractivity contribution is 0.0752. The predicted molar refractivity (Wildman–Crippen MR) is 64.9 cm³/mol. The summed E-state index contributed by atoms with van der Waals surface area (Å²) in [5, 5.41) is 0. The molecule has 0 aromatic rings. The van der Waals surface area contributed by atoms with Crippen molar-refractivity contribution in [3.05, 3.63) is 0 Å². The van der Waals surface area contributed by atoms with Crippen LogP contribution in [-0.2, 0) is 0 Å². The summed E-state index contributed by atoms with van der Waals surface area (Å²) < 4.78 is 0. The average molecular weight is 210 g/mol. The first-order chi connectivity index (χ1) is 7.32. The Morgan fingerprint density at radius 2 is 1.73 bits per heavy atom. The van der Waals surface area contributed by atoms with E-state index in [1.54, 1.807) is 0 Å². The largest absolute Gasteiger partial charge is 0.329 e. The van der Waals surface area contributed by atoms with Gasteiger partial charge in [-0.05, 0) is 32.2 Å². The van der Waals surface area contributed by atoms with Crippen LogP contribution in [0.3, 0.4) is 0 Å². The molecule has 0 heterocycles. The highest BCUT2D eigenvalue weighted by atomic mass is 15.3. The lowest BCUT2D eigenvalue weighted by atomic mass is 9.88. The molecule has 2 fully saturated rings. The molecule has 0 spiro atoms. The standard InChI is InChI=1S/C13H26N2/c1-2-15(12-7-8-12)13(11-14)9-5-3-4-6-10-13/h12H,2-11,14H2,1H3. The van der Waals surface area contributed by atoms with E-state index in [-0.39, 0.29) is 0 Å². The lowest BCUT2D eigenvalue weighted by Gasteiger charge is -2.43. The van der Waals surface area contributed by atoms with E-state index in [1.807, 2.05) is 0 Å². The molecule has 0 aromatic heterocycles. The molecular formula is C13H26N2. The van der Waals surface area contributed by atoms with Gasteiger partial charge < -0.3 is 5.73 Å². The van der Waals surface area contributed by atoms with Gasteiger partial charge in [-0.15, -0.1) is 0 Å². The lowest BCUT2D eigenvalue weighted by Crippen LogP contribution is -2.54. The fourth-order valence-corrected chi connectivity index (χ4v) is 3.36. The van der Waals surface area contributed by atoms with E-state index in [1.165, 1.54) is 57.9 Å². The van der Waals surface area contributed by atoms with Gasteiger partial charge >= 0.3 is 0 Å². The molecule has 0 unspecified atom stereocenters. The van der Waals surface area contributed by atoms with Crippen LogP contribution in [0.4, 0.5) is 0 Å². The topological polar surface area (TPSA) is 29.3 Å². The van der Waals surface area contributed by atoms with Crippen molar-refractivity contribution in [2.45, 2.75) is 69.9 Å². The minimum atomic E-state index is 0.367. The van der Waals surface area contributed by atoms with Crippen LogP contribution >= 0.6 is 0 Å². The van der Waals surface area contributed by atoms with E-state index in [0.717, 1.165) is 12.6 Å². The molecule has 0 bridgehead atoms. The summed E-state index contributed by atoms with van der Waals surface area (Å²) in [6, 6.07) is 0.872. The molecule has 0 saturated heterocycles. The van der Waals surface area contributed by atoms with Gasteiger partial charge in [0.1, 0.15) is 0 Å². The second kappa shape index (κ2) is 4.84. The second-order valence-corrected chi connectivity index (χ2v) is 5.36. The molecule has 0 aliphatic heterocycles. The molecule has 2 aliphatic carbocycles. The van der Waals surface area contributed by atoms with Gasteiger partial charge in [0.15, 0.2) is 0 Å². The van der Waals surface area contributed by atoms with Crippen LogP contribution in [0.1, 0.15) is 58.3 Å². The Morgan fingerprint density at radius 1 is 1.13 bits per heavy atom. The van der Waals surface area contributed by atoms with Crippen molar-refractivity contribution in [3.8, 4) is 0 Å². The Hall–Kier alpha value is -0.0800. The minimum absolute atomic E-state index is 0.367. The van der Waals surface area contributed by atoms with Gasteiger partial charge in [-0.2, -0.15) is 0 Å². The number of nitrogens with two attached hydrogens (primary N) is 1. The van der Waals surface area contributed by atoms with E-state index in [4.69, 9.17) is 5.73 Å². The molecule has 88 valence electrons. The molecule has 2 N–H and O–H groups in total.